The van der Waals surface area contributed by atoms with Crippen LogP contribution < -0.4 is 10.6 Å². The Hall–Kier alpha value is -3.72. The summed E-state index contributed by atoms with van der Waals surface area (Å²) in [5.74, 6) is 0.371. The number of hydrogen-bond donors (Lipinski definition) is 3. The van der Waals surface area contributed by atoms with Crippen molar-refractivity contribution in [2.24, 2.45) is 0 Å². The number of hydrogen-bond acceptors (Lipinski definition) is 8. The van der Waals surface area contributed by atoms with E-state index in [1.807, 2.05) is 6.92 Å². The Morgan fingerprint density at radius 3 is 3.00 bits per heavy atom. The number of imidazole rings is 1. The Labute approximate surface area is 194 Å². The van der Waals surface area contributed by atoms with Gasteiger partial charge in [0.05, 0.1) is 18.5 Å². The second-order valence-electron chi connectivity index (χ2n) is 9.06. The molecule has 0 spiro atoms. The van der Waals surface area contributed by atoms with E-state index >= 15 is 4.39 Å². The molecule has 2 fully saturated rings. The molecule has 3 atom stereocenters. The summed E-state index contributed by atoms with van der Waals surface area (Å²) in [4.78, 5) is 20.8. The Morgan fingerprint density at radius 1 is 1.44 bits per heavy atom. The van der Waals surface area contributed by atoms with E-state index in [-0.39, 0.29) is 5.54 Å². The zero-order valence-corrected chi connectivity index (χ0v) is 18.8. The fourth-order valence-corrected chi connectivity index (χ4v) is 4.22. The van der Waals surface area contributed by atoms with E-state index in [1.54, 1.807) is 23.8 Å². The van der Waals surface area contributed by atoms with Crippen LogP contribution >= 0.6 is 0 Å². The number of nitrogens with one attached hydrogen (secondary N) is 3. The van der Waals surface area contributed by atoms with Gasteiger partial charge in [0.15, 0.2) is 11.5 Å². The standard InChI is InChI=1S/C22H25FN8O3/c1-22(5-6-22)28-21(32)34-16-4-3-14(18(16)23)15-7-17(30-29-15)27-20-25-9-12(8-24)19-26-13(11-33-2)10-31(19)20/h7,9-10,14,16,18H,3-6,11H2,1-2H3,(H,28,32)(H2,25,27,29,30)/t14-,16-,18+/m1/s1. The fraction of sp³-hybridized carbons (Fsp3) is 0.500. The van der Waals surface area contributed by atoms with Crippen molar-refractivity contribution in [3.05, 3.63) is 35.4 Å². The molecule has 0 bridgehead atoms. The molecule has 11 nitrogen and oxygen atoms in total. The summed E-state index contributed by atoms with van der Waals surface area (Å²) in [6.45, 7) is 2.23. The normalized spacial score (nSPS) is 22.9. The number of halogens is 1. The molecule has 0 radical (unpaired) electrons. The van der Waals surface area contributed by atoms with Crippen LogP contribution in [-0.2, 0) is 16.1 Å². The number of ether oxygens (including phenoxy) is 2. The van der Waals surface area contributed by atoms with Gasteiger partial charge in [0.1, 0.15) is 23.9 Å². The fourth-order valence-electron chi connectivity index (χ4n) is 4.22. The van der Waals surface area contributed by atoms with Crippen LogP contribution in [0.3, 0.4) is 0 Å². The van der Waals surface area contributed by atoms with E-state index in [1.165, 1.54) is 6.20 Å². The number of fused-ring (bicyclic) bond motifs is 1. The third-order valence-corrected chi connectivity index (χ3v) is 6.35. The Kier molecular flexibility index (Phi) is 5.57. The van der Waals surface area contributed by atoms with Gasteiger partial charge in [-0.2, -0.15) is 10.4 Å². The molecular formula is C22H25FN8O3. The monoisotopic (exact) mass is 468 g/mol. The Morgan fingerprint density at radius 2 is 2.26 bits per heavy atom. The maximum atomic E-state index is 15.1. The van der Waals surface area contributed by atoms with Gasteiger partial charge in [-0.3, -0.25) is 9.50 Å². The number of anilines is 2. The van der Waals surface area contributed by atoms with Gasteiger partial charge in [-0.05, 0) is 32.6 Å². The number of aromatic amines is 1. The number of carbonyl (C=O) groups excluding carboxylic acids is 1. The van der Waals surface area contributed by atoms with Gasteiger partial charge in [0.25, 0.3) is 0 Å². The first-order chi connectivity index (χ1) is 16.4. The van der Waals surface area contributed by atoms with Gasteiger partial charge in [-0.25, -0.2) is 19.2 Å². The molecule has 0 saturated heterocycles. The minimum Gasteiger partial charge on any atom is -0.443 e. The number of alkyl carbamates (subject to hydrolysis) is 1. The summed E-state index contributed by atoms with van der Waals surface area (Å²) in [7, 11) is 1.56. The molecule has 0 aliphatic heterocycles. The van der Waals surface area contributed by atoms with Crippen molar-refractivity contribution < 1.29 is 18.7 Å². The van der Waals surface area contributed by atoms with E-state index < -0.39 is 24.3 Å². The molecule has 2 saturated carbocycles. The van der Waals surface area contributed by atoms with Crippen molar-refractivity contribution in [3.8, 4) is 6.07 Å². The van der Waals surface area contributed by atoms with E-state index in [9.17, 15) is 10.1 Å². The van der Waals surface area contributed by atoms with Gasteiger partial charge in [0.2, 0.25) is 5.95 Å². The largest absolute Gasteiger partial charge is 0.443 e. The number of nitrogens with zero attached hydrogens (tertiary/aromatic N) is 5. The maximum absolute atomic E-state index is 15.1. The topological polar surface area (TPSA) is 142 Å². The molecule has 3 heterocycles. The first kappa shape index (κ1) is 22.1. The highest BCUT2D eigenvalue weighted by molar-refractivity contribution is 5.69. The van der Waals surface area contributed by atoms with Crippen molar-refractivity contribution in [1.29, 1.82) is 5.26 Å². The molecule has 34 heavy (non-hydrogen) atoms. The summed E-state index contributed by atoms with van der Waals surface area (Å²) in [6, 6.07) is 3.79. The number of amides is 1. The van der Waals surface area contributed by atoms with Gasteiger partial charge in [-0.1, -0.05) is 0 Å². The third-order valence-electron chi connectivity index (χ3n) is 6.35. The Balaban J connectivity index is 1.29. The van der Waals surface area contributed by atoms with Crippen molar-refractivity contribution in [2.45, 2.75) is 62.9 Å². The van der Waals surface area contributed by atoms with E-state index in [0.29, 0.717) is 53.8 Å². The second kappa shape index (κ2) is 8.57. The number of aromatic nitrogens is 5. The SMILES string of the molecule is COCc1cn2c(Nc3cc([C@H]4CC[C@@H](OC(=O)NC5(C)CC5)[C@H]4F)[nH]n3)ncc(C#N)c2n1. The van der Waals surface area contributed by atoms with E-state index in [4.69, 9.17) is 9.47 Å². The first-order valence-corrected chi connectivity index (χ1v) is 11.1. The summed E-state index contributed by atoms with van der Waals surface area (Å²) < 4.78 is 27.2. The molecule has 178 valence electrons. The predicted octanol–water partition coefficient (Wildman–Crippen LogP) is 3.08. The van der Waals surface area contributed by atoms with Crippen LogP contribution in [0.25, 0.3) is 5.65 Å². The molecule has 0 unspecified atom stereocenters. The molecule has 3 aromatic rings. The van der Waals surface area contributed by atoms with E-state index in [0.717, 1.165) is 12.8 Å². The smallest absolute Gasteiger partial charge is 0.407 e. The van der Waals surface area contributed by atoms with Crippen LogP contribution in [0, 0.1) is 11.3 Å². The Bertz CT molecular complexity index is 1260. The average Bonchev–Trinajstić information content (AvgIpc) is 3.16. The maximum Gasteiger partial charge on any atom is 0.407 e. The minimum atomic E-state index is -1.34. The zero-order valence-electron chi connectivity index (χ0n) is 18.8. The minimum absolute atomic E-state index is 0.213. The highest BCUT2D eigenvalue weighted by atomic mass is 19.1. The van der Waals surface area contributed by atoms with Gasteiger partial charge in [-0.15, -0.1) is 0 Å². The van der Waals surface area contributed by atoms with Crippen molar-refractivity contribution >= 4 is 23.5 Å². The molecule has 1 amide bonds. The molecule has 12 heteroatoms. The molecule has 5 rings (SSSR count). The van der Waals surface area contributed by atoms with Crippen molar-refractivity contribution in [2.75, 3.05) is 12.4 Å². The van der Waals surface area contributed by atoms with Crippen LogP contribution in [0.2, 0.25) is 0 Å². The number of methoxy groups -OCH3 is 1. The summed E-state index contributed by atoms with van der Waals surface area (Å²) in [5, 5.41) is 22.4. The van der Waals surface area contributed by atoms with Crippen molar-refractivity contribution in [1.82, 2.24) is 29.9 Å². The lowest BCUT2D eigenvalue weighted by atomic mass is 10.0. The molecule has 0 aromatic carbocycles. The lowest BCUT2D eigenvalue weighted by molar-refractivity contribution is 0.0546. The molecule has 3 N–H and O–H groups in total. The number of H-pyrrole nitrogens is 1. The van der Waals surface area contributed by atoms with Crippen LogP contribution in [0.4, 0.5) is 21.0 Å². The number of carbonyl (C=O) groups is 1. The van der Waals surface area contributed by atoms with Gasteiger partial charge < -0.3 is 20.1 Å². The molecular weight excluding hydrogens is 443 g/mol. The van der Waals surface area contributed by atoms with Crippen molar-refractivity contribution in [3.63, 3.8) is 0 Å². The highest BCUT2D eigenvalue weighted by Gasteiger charge is 2.43. The second-order valence-corrected chi connectivity index (χ2v) is 9.06. The lowest BCUT2D eigenvalue weighted by Gasteiger charge is -2.19. The summed E-state index contributed by atoms with van der Waals surface area (Å²) >= 11 is 0. The van der Waals surface area contributed by atoms with Gasteiger partial charge in [0, 0.05) is 36.5 Å². The average molecular weight is 468 g/mol. The summed E-state index contributed by atoms with van der Waals surface area (Å²) in [6.07, 6.45) is 3.24. The number of nitriles is 1. The number of rotatable bonds is 7. The third kappa shape index (κ3) is 4.26. The molecule has 2 aliphatic carbocycles. The first-order valence-electron chi connectivity index (χ1n) is 11.1. The number of alkyl halides is 1. The quantitative estimate of drug-likeness (QED) is 0.480. The molecule has 3 aromatic heterocycles. The zero-order chi connectivity index (χ0) is 23.9. The van der Waals surface area contributed by atoms with Crippen LogP contribution in [0.15, 0.2) is 18.5 Å². The van der Waals surface area contributed by atoms with Gasteiger partial charge >= 0.3 is 6.09 Å². The predicted molar refractivity (Wildman–Crippen MR) is 118 cm³/mol. The van der Waals surface area contributed by atoms with Crippen LogP contribution in [0.1, 0.15) is 55.5 Å². The van der Waals surface area contributed by atoms with Crippen LogP contribution in [0.5, 0.6) is 0 Å². The highest BCUT2D eigenvalue weighted by Crippen LogP contribution is 2.39. The van der Waals surface area contributed by atoms with E-state index in [2.05, 4.69) is 36.9 Å². The molecule has 2 aliphatic rings. The van der Waals surface area contributed by atoms with Crippen LogP contribution in [-0.4, -0.2) is 55.6 Å². The lowest BCUT2D eigenvalue weighted by Crippen LogP contribution is -2.38. The summed E-state index contributed by atoms with van der Waals surface area (Å²) in [5.41, 5.74) is 1.81.